The van der Waals surface area contributed by atoms with Crippen LogP contribution in [0.3, 0.4) is 0 Å². The molecule has 0 spiro atoms. The van der Waals surface area contributed by atoms with Crippen LogP contribution < -0.4 is 10.6 Å². The smallest absolute Gasteiger partial charge is 0.256 e. The zero-order chi connectivity index (χ0) is 20.9. The third kappa shape index (κ3) is 4.33. The first kappa shape index (κ1) is 20.4. The average Bonchev–Trinajstić information content (AvgIpc) is 3.37. The number of nitrogens with zero attached hydrogens (tertiary/aromatic N) is 1. The third-order valence-electron chi connectivity index (χ3n) is 5.73. The molecule has 4 rings (SSSR count). The van der Waals surface area contributed by atoms with Gasteiger partial charge in [0.1, 0.15) is 6.17 Å². The normalized spacial score (nSPS) is 20.3. The lowest BCUT2D eigenvalue weighted by Crippen LogP contribution is -2.38. The highest BCUT2D eigenvalue weighted by atomic mass is 16.5. The first-order valence-electron chi connectivity index (χ1n) is 10.8. The molecule has 2 heterocycles. The van der Waals surface area contributed by atoms with Crippen molar-refractivity contribution in [3.63, 3.8) is 0 Å². The van der Waals surface area contributed by atoms with Crippen LogP contribution in [0.2, 0.25) is 0 Å². The van der Waals surface area contributed by atoms with Crippen LogP contribution in [0, 0.1) is 0 Å². The van der Waals surface area contributed by atoms with Gasteiger partial charge in [0, 0.05) is 42.1 Å². The van der Waals surface area contributed by atoms with Crippen LogP contribution in [-0.2, 0) is 4.74 Å². The Kier molecular flexibility index (Phi) is 6.33. The largest absolute Gasteiger partial charge is 0.376 e. The Morgan fingerprint density at radius 2 is 2.07 bits per heavy atom. The van der Waals surface area contributed by atoms with Gasteiger partial charge in [0.05, 0.1) is 6.10 Å². The van der Waals surface area contributed by atoms with Crippen LogP contribution in [0.5, 0.6) is 0 Å². The summed E-state index contributed by atoms with van der Waals surface area (Å²) in [4.78, 5) is 27.4. The quantitative estimate of drug-likeness (QED) is 0.650. The molecule has 0 aliphatic carbocycles. The molecule has 2 atom stereocenters. The molecule has 6 heteroatoms. The Balaban J connectivity index is 1.54. The van der Waals surface area contributed by atoms with E-state index in [4.69, 9.17) is 4.74 Å². The van der Waals surface area contributed by atoms with Gasteiger partial charge in [-0.3, -0.25) is 9.59 Å². The van der Waals surface area contributed by atoms with E-state index >= 15 is 0 Å². The Labute approximate surface area is 177 Å². The molecule has 2 aromatic rings. The highest BCUT2D eigenvalue weighted by molar-refractivity contribution is 5.99. The van der Waals surface area contributed by atoms with Gasteiger partial charge in [0.2, 0.25) is 0 Å². The molecule has 0 radical (unpaired) electrons. The summed E-state index contributed by atoms with van der Waals surface area (Å²) < 4.78 is 5.78. The van der Waals surface area contributed by atoms with Crippen molar-refractivity contribution in [2.45, 2.75) is 44.9 Å². The lowest BCUT2D eigenvalue weighted by Gasteiger charge is -2.29. The lowest BCUT2D eigenvalue weighted by molar-refractivity contribution is 0.0488. The number of amides is 2. The summed E-state index contributed by atoms with van der Waals surface area (Å²) in [7, 11) is 0. The molecular formula is C24H29N3O3. The molecule has 2 amide bonds. The van der Waals surface area contributed by atoms with Crippen LogP contribution in [0.15, 0.2) is 48.5 Å². The fourth-order valence-corrected chi connectivity index (χ4v) is 4.11. The summed E-state index contributed by atoms with van der Waals surface area (Å²) in [5.74, 6) is -0.0572. The van der Waals surface area contributed by atoms with E-state index in [-0.39, 0.29) is 24.1 Å². The molecule has 0 saturated carbocycles. The van der Waals surface area contributed by atoms with Crippen molar-refractivity contribution in [1.29, 1.82) is 0 Å². The minimum Gasteiger partial charge on any atom is -0.376 e. The highest BCUT2D eigenvalue weighted by Gasteiger charge is 2.38. The lowest BCUT2D eigenvalue weighted by atomic mass is 10.1. The van der Waals surface area contributed by atoms with Gasteiger partial charge in [0.15, 0.2) is 0 Å². The molecule has 1 saturated heterocycles. The number of nitrogens with one attached hydrogen (secondary N) is 2. The Bertz CT molecular complexity index is 908. The number of unbranched alkanes of at least 4 members (excludes halogenated alkanes) is 1. The number of ether oxygens (including phenoxy) is 1. The van der Waals surface area contributed by atoms with Gasteiger partial charge >= 0.3 is 0 Å². The van der Waals surface area contributed by atoms with Crippen molar-refractivity contribution in [2.24, 2.45) is 0 Å². The molecule has 2 N–H and O–H groups in total. The van der Waals surface area contributed by atoms with E-state index in [9.17, 15) is 9.59 Å². The van der Waals surface area contributed by atoms with Crippen molar-refractivity contribution in [1.82, 2.24) is 10.2 Å². The topological polar surface area (TPSA) is 70.7 Å². The van der Waals surface area contributed by atoms with Crippen molar-refractivity contribution in [3.8, 4) is 0 Å². The van der Waals surface area contributed by atoms with E-state index in [2.05, 4.69) is 17.6 Å². The summed E-state index contributed by atoms with van der Waals surface area (Å²) in [6.07, 6.45) is 3.80. The van der Waals surface area contributed by atoms with E-state index in [1.807, 2.05) is 53.4 Å². The number of anilines is 1. The van der Waals surface area contributed by atoms with Crippen LogP contribution in [0.4, 0.5) is 5.69 Å². The Hall–Kier alpha value is -2.86. The second-order valence-corrected chi connectivity index (χ2v) is 7.92. The summed E-state index contributed by atoms with van der Waals surface area (Å²) in [6.45, 7) is 4.09. The van der Waals surface area contributed by atoms with Gasteiger partial charge in [0.25, 0.3) is 11.8 Å². The third-order valence-corrected chi connectivity index (χ3v) is 5.73. The molecule has 2 aromatic carbocycles. The molecule has 0 bridgehead atoms. The van der Waals surface area contributed by atoms with E-state index in [1.165, 1.54) is 0 Å². The fourth-order valence-electron chi connectivity index (χ4n) is 4.11. The summed E-state index contributed by atoms with van der Waals surface area (Å²) in [5, 5.41) is 6.44. The summed E-state index contributed by atoms with van der Waals surface area (Å²) in [6, 6.07) is 15.2. The highest BCUT2D eigenvalue weighted by Crippen LogP contribution is 2.35. The van der Waals surface area contributed by atoms with Gasteiger partial charge in [-0.1, -0.05) is 37.6 Å². The van der Waals surface area contributed by atoms with E-state index in [0.717, 1.165) is 49.1 Å². The molecule has 2 aliphatic heterocycles. The van der Waals surface area contributed by atoms with Gasteiger partial charge < -0.3 is 20.3 Å². The SMILES string of the molecule is CCCCNC(=O)c1cccc(N[C@@H]2c3ccccc3C(=O)N2C[C@@H]2CCCO2)c1. The fraction of sp³-hybridized carbons (Fsp3) is 0.417. The molecule has 158 valence electrons. The second-order valence-electron chi connectivity index (χ2n) is 7.92. The Morgan fingerprint density at radius 1 is 1.20 bits per heavy atom. The number of rotatable bonds is 8. The Morgan fingerprint density at radius 3 is 2.87 bits per heavy atom. The maximum atomic E-state index is 13.1. The predicted octanol–water partition coefficient (Wildman–Crippen LogP) is 3.96. The number of benzene rings is 2. The number of carbonyl (C=O) groups excluding carboxylic acids is 2. The van der Waals surface area contributed by atoms with Crippen LogP contribution in [0.1, 0.15) is 65.1 Å². The monoisotopic (exact) mass is 407 g/mol. The number of hydrogen-bond donors (Lipinski definition) is 2. The number of hydrogen-bond acceptors (Lipinski definition) is 4. The zero-order valence-electron chi connectivity index (χ0n) is 17.4. The number of carbonyl (C=O) groups is 2. The molecule has 6 nitrogen and oxygen atoms in total. The van der Waals surface area contributed by atoms with Crippen molar-refractivity contribution < 1.29 is 14.3 Å². The summed E-state index contributed by atoms with van der Waals surface area (Å²) >= 11 is 0. The molecule has 0 unspecified atom stereocenters. The minimum absolute atomic E-state index is 0.0204. The van der Waals surface area contributed by atoms with Crippen LogP contribution in [-0.4, -0.2) is 42.5 Å². The van der Waals surface area contributed by atoms with E-state index < -0.39 is 0 Å². The maximum absolute atomic E-state index is 13.1. The standard InChI is InChI=1S/C24H29N3O3/c1-2-3-13-25-23(28)17-8-6-9-18(15-17)26-22-20-11-4-5-12-21(20)24(29)27(22)16-19-10-7-14-30-19/h4-6,8-9,11-12,15,19,22,26H,2-3,7,10,13-14,16H2,1H3,(H,25,28)/t19-,22-/m0/s1. The predicted molar refractivity (Wildman–Crippen MR) is 116 cm³/mol. The van der Waals surface area contributed by atoms with Crippen molar-refractivity contribution in [3.05, 3.63) is 65.2 Å². The molecule has 0 aromatic heterocycles. The van der Waals surface area contributed by atoms with E-state index in [1.54, 1.807) is 0 Å². The molecule has 1 fully saturated rings. The maximum Gasteiger partial charge on any atom is 0.256 e. The van der Waals surface area contributed by atoms with Gasteiger partial charge in [-0.15, -0.1) is 0 Å². The van der Waals surface area contributed by atoms with Crippen LogP contribution >= 0.6 is 0 Å². The van der Waals surface area contributed by atoms with Gasteiger partial charge in [-0.2, -0.15) is 0 Å². The van der Waals surface area contributed by atoms with E-state index in [0.29, 0.717) is 18.7 Å². The molecule has 2 aliphatic rings. The summed E-state index contributed by atoms with van der Waals surface area (Å²) in [5.41, 5.74) is 3.10. The molecular weight excluding hydrogens is 378 g/mol. The van der Waals surface area contributed by atoms with Crippen molar-refractivity contribution >= 4 is 17.5 Å². The second kappa shape index (κ2) is 9.30. The van der Waals surface area contributed by atoms with Gasteiger partial charge in [-0.05, 0) is 43.5 Å². The van der Waals surface area contributed by atoms with Crippen molar-refractivity contribution in [2.75, 3.05) is 25.0 Å². The average molecular weight is 408 g/mol. The number of fused-ring (bicyclic) bond motifs is 1. The zero-order valence-corrected chi connectivity index (χ0v) is 17.4. The first-order valence-corrected chi connectivity index (χ1v) is 10.8. The first-order chi connectivity index (χ1) is 14.7. The molecule has 30 heavy (non-hydrogen) atoms. The minimum atomic E-state index is -0.281. The van der Waals surface area contributed by atoms with Gasteiger partial charge in [-0.25, -0.2) is 0 Å². The van der Waals surface area contributed by atoms with Crippen LogP contribution in [0.25, 0.3) is 0 Å².